The fourth-order valence-corrected chi connectivity index (χ4v) is 2.27. The van der Waals surface area contributed by atoms with Gasteiger partial charge >= 0.3 is 0 Å². The van der Waals surface area contributed by atoms with E-state index in [2.05, 4.69) is 14.7 Å². The van der Waals surface area contributed by atoms with Gasteiger partial charge in [-0.15, -0.1) is 0 Å². The molecule has 6 nitrogen and oxygen atoms in total. The molecule has 1 N–H and O–H groups in total. The molecule has 0 radical (unpaired) electrons. The molecule has 0 amide bonds. The molecule has 3 rings (SSSR count). The second-order valence-corrected chi connectivity index (χ2v) is 4.87. The summed E-state index contributed by atoms with van der Waals surface area (Å²) in [5.41, 5.74) is 0.496. The van der Waals surface area contributed by atoms with Crippen molar-refractivity contribution in [2.45, 2.75) is 18.9 Å². The van der Waals surface area contributed by atoms with Crippen molar-refractivity contribution in [1.29, 1.82) is 0 Å². The van der Waals surface area contributed by atoms with E-state index in [1.807, 2.05) is 0 Å². The molecule has 2 aromatic rings. The molecule has 0 atom stereocenters. The van der Waals surface area contributed by atoms with Crippen molar-refractivity contribution < 1.29 is 4.92 Å². The van der Waals surface area contributed by atoms with Crippen LogP contribution in [0, 0.1) is 10.1 Å². The van der Waals surface area contributed by atoms with Crippen LogP contribution in [0.4, 0.5) is 10.8 Å². The van der Waals surface area contributed by atoms with Crippen molar-refractivity contribution in [1.82, 2.24) is 9.36 Å². The topological polar surface area (TPSA) is 81.0 Å². The fraction of sp³-hybridized carbons (Fsp3) is 0.273. The highest BCUT2D eigenvalue weighted by molar-refractivity contribution is 7.09. The molecular weight excluding hydrogens is 252 g/mol. The third-order valence-corrected chi connectivity index (χ3v) is 3.32. The standard InChI is InChI=1S/C11H10N4O2S/c16-15(17)9-4-2-1-3-8(9)10-13-11(18-14-10)12-7-5-6-7/h1-4,7H,5-6H2,(H,12,13,14). The molecule has 18 heavy (non-hydrogen) atoms. The van der Waals surface area contributed by atoms with Gasteiger partial charge in [-0.05, 0) is 18.9 Å². The van der Waals surface area contributed by atoms with Gasteiger partial charge in [-0.3, -0.25) is 10.1 Å². The molecule has 1 aromatic heterocycles. The Labute approximate surface area is 107 Å². The van der Waals surface area contributed by atoms with Crippen LogP contribution in [-0.4, -0.2) is 20.3 Å². The van der Waals surface area contributed by atoms with Crippen molar-refractivity contribution >= 4 is 22.4 Å². The van der Waals surface area contributed by atoms with Gasteiger partial charge in [-0.25, -0.2) is 0 Å². The Morgan fingerprint density at radius 1 is 1.39 bits per heavy atom. The van der Waals surface area contributed by atoms with Crippen LogP contribution >= 0.6 is 11.5 Å². The van der Waals surface area contributed by atoms with Crippen LogP contribution in [0.1, 0.15) is 12.8 Å². The van der Waals surface area contributed by atoms with Crippen molar-refractivity contribution in [3.05, 3.63) is 34.4 Å². The Morgan fingerprint density at radius 2 is 2.17 bits per heavy atom. The highest BCUT2D eigenvalue weighted by Gasteiger charge is 2.23. The molecule has 0 saturated heterocycles. The van der Waals surface area contributed by atoms with Crippen LogP contribution in [0.15, 0.2) is 24.3 Å². The number of para-hydroxylation sites is 1. The summed E-state index contributed by atoms with van der Waals surface area (Å²) in [5.74, 6) is 0.412. The van der Waals surface area contributed by atoms with Crippen molar-refractivity contribution in [3.63, 3.8) is 0 Å². The number of rotatable bonds is 4. The van der Waals surface area contributed by atoms with Crippen molar-refractivity contribution in [2.24, 2.45) is 0 Å². The number of anilines is 1. The smallest absolute Gasteiger partial charge is 0.280 e. The first-order valence-corrected chi connectivity index (χ1v) is 6.35. The first-order valence-electron chi connectivity index (χ1n) is 5.58. The molecule has 1 fully saturated rings. The number of nitro benzene ring substituents is 1. The lowest BCUT2D eigenvalue weighted by atomic mass is 10.2. The molecule has 1 saturated carbocycles. The molecule has 7 heteroatoms. The molecule has 1 aliphatic rings. The number of nitrogens with zero attached hydrogens (tertiary/aromatic N) is 3. The Balaban J connectivity index is 1.93. The van der Waals surface area contributed by atoms with E-state index in [0.717, 1.165) is 18.0 Å². The van der Waals surface area contributed by atoms with Crippen molar-refractivity contribution in [3.8, 4) is 11.4 Å². The molecule has 0 unspecified atom stereocenters. The zero-order valence-corrected chi connectivity index (χ0v) is 10.2. The van der Waals surface area contributed by atoms with Crippen LogP contribution < -0.4 is 5.32 Å². The minimum absolute atomic E-state index is 0.0354. The normalized spacial score (nSPS) is 14.4. The van der Waals surface area contributed by atoms with E-state index < -0.39 is 4.92 Å². The zero-order chi connectivity index (χ0) is 12.5. The largest absolute Gasteiger partial charge is 0.358 e. The number of hydrogen-bond donors (Lipinski definition) is 1. The average Bonchev–Trinajstić information content (AvgIpc) is 3.05. The lowest BCUT2D eigenvalue weighted by Gasteiger charge is -1.98. The van der Waals surface area contributed by atoms with Gasteiger partial charge in [0.15, 0.2) is 5.82 Å². The van der Waals surface area contributed by atoms with E-state index in [9.17, 15) is 10.1 Å². The van der Waals surface area contributed by atoms with Gasteiger partial charge < -0.3 is 5.32 Å². The van der Waals surface area contributed by atoms with Gasteiger partial charge in [-0.2, -0.15) is 9.36 Å². The first-order chi connectivity index (χ1) is 8.74. The summed E-state index contributed by atoms with van der Waals surface area (Å²) in [6.07, 6.45) is 2.31. The second-order valence-electron chi connectivity index (χ2n) is 4.12. The van der Waals surface area contributed by atoms with Crippen molar-refractivity contribution in [2.75, 3.05) is 5.32 Å². The van der Waals surface area contributed by atoms with Gasteiger partial charge in [0.25, 0.3) is 5.69 Å². The van der Waals surface area contributed by atoms with Gasteiger partial charge in [0.1, 0.15) is 0 Å². The van der Waals surface area contributed by atoms with Crippen LogP contribution in [0.5, 0.6) is 0 Å². The molecule has 0 aliphatic heterocycles. The highest BCUT2D eigenvalue weighted by Crippen LogP contribution is 2.31. The predicted molar refractivity (Wildman–Crippen MR) is 68.6 cm³/mol. The molecule has 0 bridgehead atoms. The molecule has 92 valence electrons. The Hall–Kier alpha value is -2.02. The predicted octanol–water partition coefficient (Wildman–Crippen LogP) is 2.69. The molecule has 0 spiro atoms. The molecular formula is C11H10N4O2S. The summed E-state index contributed by atoms with van der Waals surface area (Å²) in [4.78, 5) is 14.8. The zero-order valence-electron chi connectivity index (χ0n) is 9.37. The quantitative estimate of drug-likeness (QED) is 0.676. The van der Waals surface area contributed by atoms with E-state index in [-0.39, 0.29) is 5.69 Å². The average molecular weight is 262 g/mol. The SMILES string of the molecule is O=[N+]([O-])c1ccccc1-c1nsc(NC2CC2)n1. The minimum atomic E-state index is -0.412. The number of aromatic nitrogens is 2. The third kappa shape index (κ3) is 2.17. The molecule has 1 aliphatic carbocycles. The summed E-state index contributed by atoms with van der Waals surface area (Å²) in [6.45, 7) is 0. The van der Waals surface area contributed by atoms with Gasteiger partial charge in [0.05, 0.1) is 10.5 Å². The maximum atomic E-state index is 10.9. The minimum Gasteiger partial charge on any atom is -0.358 e. The lowest BCUT2D eigenvalue weighted by molar-refractivity contribution is -0.384. The summed E-state index contributed by atoms with van der Waals surface area (Å²) in [7, 11) is 0. The fourth-order valence-electron chi connectivity index (χ4n) is 1.62. The van der Waals surface area contributed by atoms with Crippen LogP contribution in [0.2, 0.25) is 0 Å². The van der Waals surface area contributed by atoms with Gasteiger partial charge in [0.2, 0.25) is 5.13 Å². The lowest BCUT2D eigenvalue weighted by Crippen LogP contribution is -1.99. The first kappa shape index (κ1) is 11.1. The second kappa shape index (κ2) is 4.34. The Kier molecular flexibility index (Phi) is 2.67. The monoisotopic (exact) mass is 262 g/mol. The molecule has 1 heterocycles. The summed E-state index contributed by atoms with van der Waals surface area (Å²) in [5, 5.41) is 14.9. The summed E-state index contributed by atoms with van der Waals surface area (Å²) < 4.78 is 4.17. The van der Waals surface area contributed by atoms with Gasteiger partial charge in [-0.1, -0.05) is 12.1 Å². The van der Waals surface area contributed by atoms with E-state index in [4.69, 9.17) is 0 Å². The Morgan fingerprint density at radius 3 is 2.89 bits per heavy atom. The Bertz CT molecular complexity index is 594. The number of nitro groups is 1. The number of hydrogen-bond acceptors (Lipinski definition) is 6. The van der Waals surface area contributed by atoms with Crippen LogP contribution in [0.3, 0.4) is 0 Å². The number of nitrogens with one attached hydrogen (secondary N) is 1. The summed E-state index contributed by atoms with van der Waals surface area (Å²) in [6, 6.07) is 7.01. The van der Waals surface area contributed by atoms with Crippen LogP contribution in [-0.2, 0) is 0 Å². The number of benzene rings is 1. The van der Waals surface area contributed by atoms with E-state index in [1.54, 1.807) is 18.2 Å². The van der Waals surface area contributed by atoms with Gasteiger partial charge in [0, 0.05) is 23.6 Å². The van der Waals surface area contributed by atoms with E-state index >= 15 is 0 Å². The maximum absolute atomic E-state index is 10.9. The highest BCUT2D eigenvalue weighted by atomic mass is 32.1. The van der Waals surface area contributed by atoms with E-state index in [0.29, 0.717) is 17.4 Å². The maximum Gasteiger partial charge on any atom is 0.280 e. The van der Waals surface area contributed by atoms with E-state index in [1.165, 1.54) is 17.6 Å². The summed E-state index contributed by atoms with van der Waals surface area (Å²) >= 11 is 1.24. The molecule has 1 aromatic carbocycles. The third-order valence-electron chi connectivity index (χ3n) is 2.67. The van der Waals surface area contributed by atoms with Crippen LogP contribution in [0.25, 0.3) is 11.4 Å².